The van der Waals surface area contributed by atoms with Crippen molar-refractivity contribution in [2.45, 2.75) is 19.8 Å². The van der Waals surface area contributed by atoms with E-state index >= 15 is 0 Å². The van der Waals surface area contributed by atoms with Crippen molar-refractivity contribution in [3.8, 4) is 5.75 Å². The molecule has 0 atom stereocenters. The van der Waals surface area contributed by atoms with Crippen molar-refractivity contribution in [1.82, 2.24) is 20.4 Å². The van der Waals surface area contributed by atoms with Crippen LogP contribution in [-0.4, -0.2) is 28.0 Å². The summed E-state index contributed by atoms with van der Waals surface area (Å²) in [6.45, 7) is 2.42. The summed E-state index contributed by atoms with van der Waals surface area (Å²) < 4.78 is 6.76. The largest absolute Gasteiger partial charge is 0.494 e. The number of carbonyl (C=O) groups excluding carboxylic acids is 2. The molecule has 0 spiro atoms. The van der Waals surface area contributed by atoms with Crippen molar-refractivity contribution < 1.29 is 14.3 Å². The molecule has 29 heavy (non-hydrogen) atoms. The Balaban J connectivity index is 1.56. The van der Waals surface area contributed by atoms with Crippen LogP contribution in [0.2, 0.25) is 0 Å². The van der Waals surface area contributed by atoms with Crippen LogP contribution in [0.25, 0.3) is 10.9 Å². The average molecular weight is 394 g/mol. The first-order chi connectivity index (χ1) is 14.0. The molecule has 0 aliphatic carbocycles. The number of benzene rings is 2. The predicted octanol–water partition coefficient (Wildman–Crippen LogP) is 1.73. The van der Waals surface area contributed by atoms with Crippen LogP contribution in [0.4, 0.5) is 0 Å². The van der Waals surface area contributed by atoms with Gasteiger partial charge in [-0.25, -0.2) is 4.98 Å². The Morgan fingerprint density at radius 1 is 1.07 bits per heavy atom. The number of hydrogen-bond donors (Lipinski definition) is 2. The summed E-state index contributed by atoms with van der Waals surface area (Å²) in [5, 5.41) is 0.533. The Bertz CT molecular complexity index is 1090. The summed E-state index contributed by atoms with van der Waals surface area (Å²) >= 11 is 0. The zero-order valence-corrected chi connectivity index (χ0v) is 16.3. The maximum Gasteiger partial charge on any atom is 0.269 e. The van der Waals surface area contributed by atoms with Gasteiger partial charge in [-0.05, 0) is 43.3 Å². The molecule has 3 aromatic rings. The third-order valence-corrected chi connectivity index (χ3v) is 4.39. The monoisotopic (exact) mass is 394 g/mol. The van der Waals surface area contributed by atoms with Crippen LogP contribution in [0.15, 0.2) is 53.3 Å². The maximum absolute atomic E-state index is 12.4. The van der Waals surface area contributed by atoms with Crippen LogP contribution in [0.5, 0.6) is 5.75 Å². The van der Waals surface area contributed by atoms with Gasteiger partial charge in [0, 0.05) is 25.5 Å². The molecule has 8 heteroatoms. The molecule has 0 saturated carbocycles. The highest BCUT2D eigenvalue weighted by Crippen LogP contribution is 2.12. The van der Waals surface area contributed by atoms with E-state index < -0.39 is 5.91 Å². The normalized spacial score (nSPS) is 10.6. The second kappa shape index (κ2) is 9.01. The number of amides is 2. The highest BCUT2D eigenvalue weighted by Gasteiger charge is 2.11. The second-order valence-corrected chi connectivity index (χ2v) is 6.37. The molecule has 1 heterocycles. The van der Waals surface area contributed by atoms with Gasteiger partial charge in [0.25, 0.3) is 11.5 Å². The summed E-state index contributed by atoms with van der Waals surface area (Å²) in [4.78, 5) is 41.0. The van der Waals surface area contributed by atoms with Gasteiger partial charge in [0.2, 0.25) is 5.91 Å². The number of ether oxygens (including phenoxy) is 1. The van der Waals surface area contributed by atoms with Crippen LogP contribution in [-0.2, 0) is 18.3 Å². The molecule has 3 rings (SSSR count). The molecule has 8 nitrogen and oxygen atoms in total. The van der Waals surface area contributed by atoms with Crippen molar-refractivity contribution in [2.24, 2.45) is 7.05 Å². The predicted molar refractivity (Wildman–Crippen MR) is 109 cm³/mol. The van der Waals surface area contributed by atoms with E-state index in [4.69, 9.17) is 4.74 Å². The van der Waals surface area contributed by atoms with Gasteiger partial charge in [0.15, 0.2) is 0 Å². The van der Waals surface area contributed by atoms with Gasteiger partial charge in [-0.1, -0.05) is 12.1 Å². The van der Waals surface area contributed by atoms with E-state index in [9.17, 15) is 14.4 Å². The van der Waals surface area contributed by atoms with Crippen LogP contribution >= 0.6 is 0 Å². The highest BCUT2D eigenvalue weighted by atomic mass is 16.5. The fourth-order valence-corrected chi connectivity index (χ4v) is 2.84. The van der Waals surface area contributed by atoms with E-state index in [0.717, 1.165) is 0 Å². The number of aromatic nitrogens is 2. The van der Waals surface area contributed by atoms with Crippen molar-refractivity contribution in [3.05, 3.63) is 70.3 Å². The van der Waals surface area contributed by atoms with Crippen LogP contribution < -0.4 is 21.1 Å². The minimum absolute atomic E-state index is 0.0716. The number of nitrogens with one attached hydrogen (secondary N) is 2. The molecular formula is C21H22N4O4. The van der Waals surface area contributed by atoms with Crippen molar-refractivity contribution in [3.63, 3.8) is 0 Å². The van der Waals surface area contributed by atoms with Gasteiger partial charge >= 0.3 is 0 Å². The van der Waals surface area contributed by atoms with Crippen molar-refractivity contribution >= 4 is 22.7 Å². The third kappa shape index (κ3) is 4.78. The third-order valence-electron chi connectivity index (χ3n) is 4.39. The number of aryl methyl sites for hydroxylation is 1. The SMILES string of the molecule is CCOc1ccc(C(=O)NNC(=O)CCc2nc3ccccc3c(=O)n2C)cc1. The maximum atomic E-state index is 12.4. The van der Waals surface area contributed by atoms with Gasteiger partial charge in [-0.2, -0.15) is 0 Å². The molecule has 2 N–H and O–H groups in total. The molecule has 0 fully saturated rings. The minimum atomic E-state index is -0.433. The van der Waals surface area contributed by atoms with Crippen LogP contribution in [0, 0.1) is 0 Å². The molecular weight excluding hydrogens is 372 g/mol. The Morgan fingerprint density at radius 3 is 2.52 bits per heavy atom. The molecule has 0 radical (unpaired) electrons. The molecule has 150 valence electrons. The molecule has 0 bridgehead atoms. The molecule has 0 aliphatic rings. The lowest BCUT2D eigenvalue weighted by atomic mass is 10.2. The van der Waals surface area contributed by atoms with Crippen molar-refractivity contribution in [1.29, 1.82) is 0 Å². The summed E-state index contributed by atoms with van der Waals surface area (Å²) in [5.41, 5.74) is 5.58. The van der Waals surface area contributed by atoms with E-state index in [-0.39, 0.29) is 24.3 Å². The van der Waals surface area contributed by atoms with Gasteiger partial charge in [-0.3, -0.25) is 29.8 Å². The Labute approximate surface area is 167 Å². The fraction of sp³-hybridized carbons (Fsp3) is 0.238. The fourth-order valence-electron chi connectivity index (χ4n) is 2.84. The lowest BCUT2D eigenvalue weighted by molar-refractivity contribution is -0.121. The molecule has 1 aromatic heterocycles. The van der Waals surface area contributed by atoms with Gasteiger partial charge in [-0.15, -0.1) is 0 Å². The molecule has 2 aromatic carbocycles. The van der Waals surface area contributed by atoms with E-state index in [1.807, 2.05) is 13.0 Å². The number of para-hydroxylation sites is 1. The second-order valence-electron chi connectivity index (χ2n) is 6.37. The smallest absolute Gasteiger partial charge is 0.269 e. The first kappa shape index (κ1) is 20.1. The number of nitrogens with zero attached hydrogens (tertiary/aromatic N) is 2. The van der Waals surface area contributed by atoms with Crippen LogP contribution in [0.3, 0.4) is 0 Å². The number of rotatable bonds is 6. The standard InChI is InChI=1S/C21H22N4O4/c1-3-29-15-10-8-14(9-11-15)20(27)24-23-19(26)13-12-18-22-17-7-5-4-6-16(17)21(28)25(18)2/h4-11H,3,12-13H2,1-2H3,(H,23,26)(H,24,27). The van der Waals surface area contributed by atoms with E-state index in [1.165, 1.54) is 4.57 Å². The van der Waals surface area contributed by atoms with Crippen LogP contribution in [0.1, 0.15) is 29.5 Å². The number of fused-ring (bicyclic) bond motifs is 1. The first-order valence-corrected chi connectivity index (χ1v) is 9.26. The zero-order valence-electron chi connectivity index (χ0n) is 16.3. The van der Waals surface area contributed by atoms with E-state index in [2.05, 4.69) is 15.8 Å². The molecule has 0 aliphatic heterocycles. The zero-order chi connectivity index (χ0) is 20.8. The summed E-state index contributed by atoms with van der Waals surface area (Å²) in [5.74, 6) is 0.354. The molecule has 0 saturated heterocycles. The lowest BCUT2D eigenvalue weighted by Crippen LogP contribution is -2.41. The summed E-state index contributed by atoms with van der Waals surface area (Å²) in [6, 6.07) is 13.7. The number of hydrogen-bond acceptors (Lipinski definition) is 5. The molecule has 0 unspecified atom stereocenters. The lowest BCUT2D eigenvalue weighted by Gasteiger charge is -2.10. The first-order valence-electron chi connectivity index (χ1n) is 9.26. The van der Waals surface area contributed by atoms with Gasteiger partial charge < -0.3 is 4.74 Å². The number of carbonyl (C=O) groups is 2. The Kier molecular flexibility index (Phi) is 6.23. The van der Waals surface area contributed by atoms with E-state index in [1.54, 1.807) is 49.5 Å². The highest BCUT2D eigenvalue weighted by molar-refractivity contribution is 5.95. The summed E-state index contributed by atoms with van der Waals surface area (Å²) in [7, 11) is 1.63. The Hall–Kier alpha value is -3.68. The summed E-state index contributed by atoms with van der Waals surface area (Å²) in [6.07, 6.45) is 0.337. The van der Waals surface area contributed by atoms with E-state index in [0.29, 0.717) is 34.6 Å². The topological polar surface area (TPSA) is 102 Å². The minimum Gasteiger partial charge on any atom is -0.494 e. The Morgan fingerprint density at radius 2 is 1.79 bits per heavy atom. The quantitative estimate of drug-likeness (QED) is 0.620. The van der Waals surface area contributed by atoms with Gasteiger partial charge in [0.1, 0.15) is 11.6 Å². The average Bonchev–Trinajstić information content (AvgIpc) is 2.74. The number of hydrazine groups is 1. The molecule has 2 amide bonds. The van der Waals surface area contributed by atoms with Crippen molar-refractivity contribution in [2.75, 3.05) is 6.61 Å². The van der Waals surface area contributed by atoms with Gasteiger partial charge in [0.05, 0.1) is 17.5 Å².